The number of aromatic nitrogens is 1. The van der Waals surface area contributed by atoms with Crippen molar-refractivity contribution in [3.63, 3.8) is 0 Å². The molecule has 1 aromatic heterocycles. The number of aromatic amines is 1. The van der Waals surface area contributed by atoms with Gasteiger partial charge >= 0.3 is 0 Å². The first kappa shape index (κ1) is 24.3. The van der Waals surface area contributed by atoms with Crippen LogP contribution in [0.2, 0.25) is 0 Å². The van der Waals surface area contributed by atoms with Crippen molar-refractivity contribution in [2.45, 2.75) is 17.9 Å². The normalized spacial score (nSPS) is 13.7. The molecule has 190 valence electrons. The molecule has 0 radical (unpaired) electrons. The lowest BCUT2D eigenvalue weighted by atomic mass is 10.1. The Morgan fingerprint density at radius 1 is 1.03 bits per heavy atom. The van der Waals surface area contributed by atoms with E-state index in [-0.39, 0.29) is 21.5 Å². The van der Waals surface area contributed by atoms with E-state index in [9.17, 15) is 22.4 Å². The summed E-state index contributed by atoms with van der Waals surface area (Å²) in [6.07, 6.45) is 1.28. The van der Waals surface area contributed by atoms with Crippen LogP contribution in [-0.4, -0.2) is 32.5 Å². The average Bonchev–Trinajstić information content (AvgIpc) is 2.89. The van der Waals surface area contributed by atoms with Crippen LogP contribution in [0, 0.1) is 5.82 Å². The van der Waals surface area contributed by atoms with Gasteiger partial charge in [0.15, 0.2) is 11.5 Å². The predicted octanol–water partition coefficient (Wildman–Crippen LogP) is 3.73. The van der Waals surface area contributed by atoms with E-state index in [0.29, 0.717) is 30.2 Å². The molecule has 9 nitrogen and oxygen atoms in total. The fourth-order valence-electron chi connectivity index (χ4n) is 3.97. The van der Waals surface area contributed by atoms with E-state index in [1.807, 2.05) is 0 Å². The molecule has 0 spiro atoms. The number of sulfonamides is 1. The number of rotatable bonds is 6. The van der Waals surface area contributed by atoms with Gasteiger partial charge in [-0.15, -0.1) is 0 Å². The Morgan fingerprint density at radius 3 is 2.57 bits per heavy atom. The summed E-state index contributed by atoms with van der Waals surface area (Å²) in [5, 5.41) is 2.78. The van der Waals surface area contributed by atoms with Gasteiger partial charge in [0.1, 0.15) is 24.6 Å². The molecule has 3 N–H and O–H groups in total. The highest BCUT2D eigenvalue weighted by molar-refractivity contribution is 7.92. The van der Waals surface area contributed by atoms with E-state index in [4.69, 9.17) is 9.47 Å². The van der Waals surface area contributed by atoms with Gasteiger partial charge in [0.25, 0.3) is 15.9 Å². The number of ether oxygens (including phenoxy) is 2. The van der Waals surface area contributed by atoms with E-state index in [2.05, 4.69) is 15.0 Å². The molecule has 1 aliphatic rings. The smallest absolute Gasteiger partial charge is 0.262 e. The van der Waals surface area contributed by atoms with E-state index in [0.717, 1.165) is 17.7 Å². The largest absolute Gasteiger partial charge is 0.486 e. The molecule has 1 amide bonds. The van der Waals surface area contributed by atoms with Crippen LogP contribution in [0.15, 0.2) is 76.6 Å². The molecular weight excluding hydrogens is 501 g/mol. The maximum absolute atomic E-state index is 14.0. The maximum atomic E-state index is 14.0. The van der Waals surface area contributed by atoms with Gasteiger partial charge in [-0.05, 0) is 55.0 Å². The number of para-hydroxylation sites is 1. The quantitative estimate of drug-likeness (QED) is 0.354. The first-order chi connectivity index (χ1) is 17.7. The minimum atomic E-state index is -4.21. The summed E-state index contributed by atoms with van der Waals surface area (Å²) in [4.78, 5) is 28.8. The van der Waals surface area contributed by atoms with Gasteiger partial charge in [0.2, 0.25) is 5.43 Å². The molecule has 0 fully saturated rings. The number of nitrogens with one attached hydrogen (secondary N) is 3. The Kier molecular flexibility index (Phi) is 6.30. The van der Waals surface area contributed by atoms with Crippen molar-refractivity contribution in [3.05, 3.63) is 94.0 Å². The van der Waals surface area contributed by atoms with E-state index in [1.165, 1.54) is 36.5 Å². The number of hydrogen-bond acceptors (Lipinski definition) is 6. The third-order valence-corrected chi connectivity index (χ3v) is 7.30. The molecule has 0 saturated heterocycles. The number of carbonyl (C=O) groups excluding carboxylic acids is 1. The fraction of sp³-hybridized carbons (Fsp3) is 0.154. The highest BCUT2D eigenvalue weighted by Crippen LogP contribution is 2.32. The summed E-state index contributed by atoms with van der Waals surface area (Å²) >= 11 is 0. The molecule has 0 saturated carbocycles. The number of benzene rings is 3. The lowest BCUT2D eigenvalue weighted by Crippen LogP contribution is -2.31. The number of pyridine rings is 1. The van der Waals surface area contributed by atoms with Crippen LogP contribution in [0.5, 0.6) is 11.5 Å². The zero-order chi connectivity index (χ0) is 26.2. The molecule has 11 heteroatoms. The van der Waals surface area contributed by atoms with E-state index in [1.54, 1.807) is 25.1 Å². The van der Waals surface area contributed by atoms with Crippen LogP contribution < -0.4 is 24.9 Å². The van der Waals surface area contributed by atoms with E-state index >= 15 is 0 Å². The van der Waals surface area contributed by atoms with Gasteiger partial charge in [-0.3, -0.25) is 14.3 Å². The van der Waals surface area contributed by atoms with Gasteiger partial charge < -0.3 is 19.8 Å². The van der Waals surface area contributed by atoms with Gasteiger partial charge in [0.05, 0.1) is 16.6 Å². The Hall–Kier alpha value is -4.38. The average molecular weight is 524 g/mol. The third kappa shape index (κ3) is 4.85. The maximum Gasteiger partial charge on any atom is 0.262 e. The molecule has 37 heavy (non-hydrogen) atoms. The lowest BCUT2D eigenvalue weighted by Gasteiger charge is -2.21. The number of anilines is 1. The highest BCUT2D eigenvalue weighted by Gasteiger charge is 2.21. The Morgan fingerprint density at radius 2 is 1.78 bits per heavy atom. The van der Waals surface area contributed by atoms with Gasteiger partial charge in [-0.1, -0.05) is 18.2 Å². The Bertz CT molecular complexity index is 1690. The van der Waals surface area contributed by atoms with Crippen LogP contribution in [-0.2, 0) is 10.0 Å². The standard InChI is InChI=1S/C26H22FN3O6S/c1-15(16-6-9-23-24(12-16)36-11-10-35-23)29-26(32)19-14-28-21-8-7-17(13-18(21)25(19)31)37(33,34)30-22-5-3-2-4-20(22)27/h2-9,12-15,30H,10-11H2,1H3,(H,28,31)(H,29,32)/t15-/m1/s1. The van der Waals surface area contributed by atoms with Crippen molar-refractivity contribution in [1.29, 1.82) is 0 Å². The zero-order valence-electron chi connectivity index (χ0n) is 19.6. The lowest BCUT2D eigenvalue weighted by molar-refractivity contribution is 0.0938. The number of halogens is 1. The molecule has 1 atom stereocenters. The number of hydrogen-bond donors (Lipinski definition) is 3. The number of carbonyl (C=O) groups is 1. The van der Waals surface area contributed by atoms with Crippen LogP contribution in [0.1, 0.15) is 28.9 Å². The Labute approximate surface area is 211 Å². The van der Waals surface area contributed by atoms with Crippen molar-refractivity contribution in [2.75, 3.05) is 17.9 Å². The first-order valence-corrected chi connectivity index (χ1v) is 12.8. The number of fused-ring (bicyclic) bond motifs is 2. The second-order valence-corrected chi connectivity index (χ2v) is 10.1. The van der Waals surface area contributed by atoms with Crippen LogP contribution >= 0.6 is 0 Å². The zero-order valence-corrected chi connectivity index (χ0v) is 20.4. The molecular formula is C26H22FN3O6S. The Balaban J connectivity index is 1.41. The second-order valence-electron chi connectivity index (χ2n) is 8.42. The molecule has 4 aromatic rings. The SMILES string of the molecule is C[C@@H](NC(=O)c1c[nH]c2ccc(S(=O)(=O)Nc3ccccc3F)cc2c1=O)c1ccc2c(c1)OCCO2. The minimum Gasteiger partial charge on any atom is -0.486 e. The van der Waals surface area contributed by atoms with Crippen molar-refractivity contribution >= 4 is 32.5 Å². The number of amides is 1. The van der Waals surface area contributed by atoms with Crippen molar-refractivity contribution in [1.82, 2.24) is 10.3 Å². The van der Waals surface area contributed by atoms with Crippen molar-refractivity contribution in [3.8, 4) is 11.5 Å². The van der Waals surface area contributed by atoms with Gasteiger partial charge in [-0.2, -0.15) is 0 Å². The molecule has 1 aliphatic heterocycles. The topological polar surface area (TPSA) is 127 Å². The van der Waals surface area contributed by atoms with Crippen LogP contribution in [0.4, 0.5) is 10.1 Å². The minimum absolute atomic E-state index is 0.00367. The third-order valence-electron chi connectivity index (χ3n) is 5.94. The molecule has 0 bridgehead atoms. The van der Waals surface area contributed by atoms with E-state index < -0.39 is 33.2 Å². The molecule has 0 aliphatic carbocycles. The summed E-state index contributed by atoms with van der Waals surface area (Å²) in [6.45, 7) is 2.65. The molecule has 0 unspecified atom stereocenters. The number of H-pyrrole nitrogens is 1. The van der Waals surface area contributed by atoms with Gasteiger partial charge in [-0.25, -0.2) is 12.8 Å². The summed E-state index contributed by atoms with van der Waals surface area (Å²) in [5.41, 5.74) is 0.0310. The summed E-state index contributed by atoms with van der Waals surface area (Å²) in [5.74, 6) is -0.181. The van der Waals surface area contributed by atoms with Crippen LogP contribution in [0.25, 0.3) is 10.9 Å². The van der Waals surface area contributed by atoms with Crippen LogP contribution in [0.3, 0.4) is 0 Å². The summed E-state index contributed by atoms with van der Waals surface area (Å²) in [6, 6.07) is 14.0. The predicted molar refractivity (Wildman–Crippen MR) is 135 cm³/mol. The monoisotopic (exact) mass is 523 g/mol. The first-order valence-electron chi connectivity index (χ1n) is 11.4. The van der Waals surface area contributed by atoms with Gasteiger partial charge in [0, 0.05) is 17.1 Å². The van der Waals surface area contributed by atoms with Crippen molar-refractivity contribution < 1.29 is 27.1 Å². The fourth-order valence-corrected chi connectivity index (χ4v) is 5.06. The molecule has 2 heterocycles. The molecule has 5 rings (SSSR count). The summed E-state index contributed by atoms with van der Waals surface area (Å²) < 4.78 is 52.9. The summed E-state index contributed by atoms with van der Waals surface area (Å²) in [7, 11) is -4.21. The second kappa shape index (κ2) is 9.58. The highest BCUT2D eigenvalue weighted by atomic mass is 32.2. The van der Waals surface area contributed by atoms with Crippen molar-refractivity contribution in [2.24, 2.45) is 0 Å². The molecule has 3 aromatic carbocycles.